The summed E-state index contributed by atoms with van der Waals surface area (Å²) in [6, 6.07) is 1.96. The maximum absolute atomic E-state index is 11.4. The lowest BCUT2D eigenvalue weighted by atomic mass is 10.2. The lowest BCUT2D eigenvalue weighted by Crippen LogP contribution is -2.40. The van der Waals surface area contributed by atoms with Crippen LogP contribution in [-0.4, -0.2) is 44.5 Å². The number of rotatable bonds is 4. The molecule has 0 radical (unpaired) electrons. The van der Waals surface area contributed by atoms with E-state index in [4.69, 9.17) is 0 Å². The Bertz CT molecular complexity index is 488. The largest absolute Gasteiger partial charge is 0.369 e. The molecule has 0 aliphatic carbocycles. The van der Waals surface area contributed by atoms with Gasteiger partial charge in [-0.15, -0.1) is 0 Å². The maximum Gasteiger partial charge on any atom is 0.153 e. The summed E-state index contributed by atoms with van der Waals surface area (Å²) in [7, 11) is -2.83. The number of nitrogens with one attached hydrogen (secondary N) is 1. The Kier molecular flexibility index (Phi) is 4.19. The molecular weight excluding hydrogens is 250 g/mol. The van der Waals surface area contributed by atoms with Crippen LogP contribution in [0.5, 0.6) is 0 Å². The van der Waals surface area contributed by atoms with Crippen molar-refractivity contribution in [1.82, 2.24) is 10.3 Å². The van der Waals surface area contributed by atoms with Crippen LogP contribution in [0.25, 0.3) is 0 Å². The van der Waals surface area contributed by atoms with Crippen LogP contribution in [0.4, 0.5) is 5.69 Å². The number of hydrogen-bond donors (Lipinski definition) is 1. The molecule has 100 valence electrons. The predicted molar refractivity (Wildman–Crippen MR) is 72.5 cm³/mol. The van der Waals surface area contributed by atoms with Crippen molar-refractivity contribution in [2.75, 3.05) is 36.0 Å². The van der Waals surface area contributed by atoms with Crippen LogP contribution >= 0.6 is 0 Å². The van der Waals surface area contributed by atoms with Gasteiger partial charge >= 0.3 is 0 Å². The van der Waals surface area contributed by atoms with Gasteiger partial charge in [-0.1, -0.05) is 6.92 Å². The van der Waals surface area contributed by atoms with E-state index in [0.717, 1.165) is 24.3 Å². The van der Waals surface area contributed by atoms with E-state index in [1.165, 1.54) is 0 Å². The first-order chi connectivity index (χ1) is 8.62. The van der Waals surface area contributed by atoms with E-state index in [1.54, 1.807) is 6.20 Å². The molecule has 0 unspecified atom stereocenters. The summed E-state index contributed by atoms with van der Waals surface area (Å²) in [4.78, 5) is 6.27. The summed E-state index contributed by atoms with van der Waals surface area (Å²) >= 11 is 0. The smallest absolute Gasteiger partial charge is 0.153 e. The van der Waals surface area contributed by atoms with Gasteiger partial charge in [0, 0.05) is 43.3 Å². The highest BCUT2D eigenvalue weighted by molar-refractivity contribution is 7.91. The fraction of sp³-hybridized carbons (Fsp3) is 0.583. The van der Waals surface area contributed by atoms with Gasteiger partial charge in [-0.2, -0.15) is 0 Å². The van der Waals surface area contributed by atoms with E-state index in [0.29, 0.717) is 13.1 Å². The zero-order chi connectivity index (χ0) is 13.0. The molecule has 0 spiro atoms. The van der Waals surface area contributed by atoms with Crippen molar-refractivity contribution < 1.29 is 8.42 Å². The molecule has 5 nitrogen and oxygen atoms in total. The van der Waals surface area contributed by atoms with E-state index >= 15 is 0 Å². The molecule has 1 N–H and O–H groups in total. The van der Waals surface area contributed by atoms with Crippen molar-refractivity contribution in [1.29, 1.82) is 0 Å². The van der Waals surface area contributed by atoms with Gasteiger partial charge in [-0.3, -0.25) is 4.98 Å². The minimum absolute atomic E-state index is 0.246. The average molecular weight is 269 g/mol. The minimum atomic E-state index is -2.83. The third-order valence-electron chi connectivity index (χ3n) is 3.13. The molecule has 1 aromatic rings. The Labute approximate surface area is 108 Å². The summed E-state index contributed by atoms with van der Waals surface area (Å²) < 4.78 is 22.9. The lowest BCUT2D eigenvalue weighted by molar-refractivity contribution is 0.586. The standard InChI is InChI=1S/C12H19N3O2S/c1-2-13-9-11-10-14-4-3-12(11)15-5-7-18(16,17)8-6-15/h3-4,10,13H,2,5-9H2,1H3. The molecule has 0 aromatic carbocycles. The van der Waals surface area contributed by atoms with Gasteiger partial charge in [0.2, 0.25) is 0 Å². The van der Waals surface area contributed by atoms with Gasteiger partial charge in [0.15, 0.2) is 9.84 Å². The van der Waals surface area contributed by atoms with E-state index in [9.17, 15) is 8.42 Å². The van der Waals surface area contributed by atoms with Gasteiger partial charge in [0.1, 0.15) is 0 Å². The third-order valence-corrected chi connectivity index (χ3v) is 4.74. The molecule has 1 saturated heterocycles. The summed E-state index contributed by atoms with van der Waals surface area (Å²) in [6.45, 7) is 4.88. The topological polar surface area (TPSA) is 62.3 Å². The number of aromatic nitrogens is 1. The van der Waals surface area contributed by atoms with E-state index < -0.39 is 9.84 Å². The van der Waals surface area contributed by atoms with Crippen LogP contribution in [0.2, 0.25) is 0 Å². The first-order valence-corrected chi connectivity index (χ1v) is 8.03. The monoisotopic (exact) mass is 269 g/mol. The van der Waals surface area contributed by atoms with Crippen molar-refractivity contribution in [3.8, 4) is 0 Å². The number of pyridine rings is 1. The van der Waals surface area contributed by atoms with Crippen molar-refractivity contribution in [2.45, 2.75) is 13.5 Å². The molecule has 2 rings (SSSR count). The molecule has 1 fully saturated rings. The normalized spacial score (nSPS) is 18.8. The number of hydrogen-bond acceptors (Lipinski definition) is 5. The highest BCUT2D eigenvalue weighted by Crippen LogP contribution is 2.21. The fourth-order valence-corrected chi connectivity index (χ4v) is 3.28. The average Bonchev–Trinajstić information content (AvgIpc) is 2.37. The summed E-state index contributed by atoms with van der Waals surface area (Å²) in [5.74, 6) is 0.492. The Morgan fingerprint density at radius 2 is 2.11 bits per heavy atom. The number of anilines is 1. The Morgan fingerprint density at radius 3 is 2.78 bits per heavy atom. The predicted octanol–water partition coefficient (Wildman–Crippen LogP) is 0.426. The molecule has 0 bridgehead atoms. The highest BCUT2D eigenvalue weighted by Gasteiger charge is 2.22. The van der Waals surface area contributed by atoms with Gasteiger partial charge in [-0.25, -0.2) is 8.42 Å². The van der Waals surface area contributed by atoms with Crippen LogP contribution in [0.1, 0.15) is 12.5 Å². The zero-order valence-corrected chi connectivity index (χ0v) is 11.4. The van der Waals surface area contributed by atoms with Gasteiger partial charge in [0.25, 0.3) is 0 Å². The van der Waals surface area contributed by atoms with E-state index in [2.05, 4.69) is 22.1 Å². The third kappa shape index (κ3) is 3.20. The molecule has 0 atom stereocenters. The van der Waals surface area contributed by atoms with Crippen LogP contribution in [-0.2, 0) is 16.4 Å². The molecule has 1 aliphatic heterocycles. The second kappa shape index (κ2) is 5.67. The number of nitrogens with zero attached hydrogens (tertiary/aromatic N) is 2. The van der Waals surface area contributed by atoms with E-state index in [1.807, 2.05) is 12.3 Å². The van der Waals surface area contributed by atoms with Gasteiger partial charge in [-0.05, 0) is 12.6 Å². The van der Waals surface area contributed by atoms with E-state index in [-0.39, 0.29) is 11.5 Å². The molecule has 18 heavy (non-hydrogen) atoms. The van der Waals surface area contributed by atoms with Gasteiger partial charge in [0.05, 0.1) is 11.5 Å². The summed E-state index contributed by atoms with van der Waals surface area (Å²) in [5, 5.41) is 3.28. The van der Waals surface area contributed by atoms with Crippen molar-refractivity contribution >= 4 is 15.5 Å². The van der Waals surface area contributed by atoms with Crippen LogP contribution in [0.3, 0.4) is 0 Å². The molecule has 1 aliphatic rings. The van der Waals surface area contributed by atoms with Crippen LogP contribution in [0, 0.1) is 0 Å². The quantitative estimate of drug-likeness (QED) is 0.858. The minimum Gasteiger partial charge on any atom is -0.369 e. The fourth-order valence-electron chi connectivity index (χ4n) is 2.08. The first kappa shape index (κ1) is 13.3. The number of sulfone groups is 1. The summed E-state index contributed by atoms with van der Waals surface area (Å²) in [6.07, 6.45) is 3.61. The Balaban J connectivity index is 2.13. The zero-order valence-electron chi connectivity index (χ0n) is 10.6. The Hall–Kier alpha value is -1.14. The lowest BCUT2D eigenvalue weighted by Gasteiger charge is -2.30. The summed E-state index contributed by atoms with van der Waals surface area (Å²) in [5.41, 5.74) is 2.22. The van der Waals surface area contributed by atoms with Crippen LogP contribution < -0.4 is 10.2 Å². The van der Waals surface area contributed by atoms with Gasteiger partial charge < -0.3 is 10.2 Å². The Morgan fingerprint density at radius 1 is 1.39 bits per heavy atom. The molecule has 1 aromatic heterocycles. The van der Waals surface area contributed by atoms with Crippen molar-refractivity contribution in [3.63, 3.8) is 0 Å². The molecule has 0 saturated carbocycles. The first-order valence-electron chi connectivity index (χ1n) is 6.21. The molecule has 0 amide bonds. The van der Waals surface area contributed by atoms with Crippen molar-refractivity contribution in [3.05, 3.63) is 24.0 Å². The molecule has 6 heteroatoms. The van der Waals surface area contributed by atoms with Crippen LogP contribution in [0.15, 0.2) is 18.5 Å². The second-order valence-electron chi connectivity index (χ2n) is 4.42. The molecule has 2 heterocycles. The van der Waals surface area contributed by atoms with Crippen molar-refractivity contribution in [2.24, 2.45) is 0 Å². The second-order valence-corrected chi connectivity index (χ2v) is 6.73. The highest BCUT2D eigenvalue weighted by atomic mass is 32.2. The maximum atomic E-state index is 11.4. The SMILES string of the molecule is CCNCc1cnccc1N1CCS(=O)(=O)CC1. The molecular formula is C12H19N3O2S.